The largest absolute Gasteiger partial charge is 0.496 e. The fourth-order valence-corrected chi connectivity index (χ4v) is 4.74. The van der Waals surface area contributed by atoms with Gasteiger partial charge in [0.2, 0.25) is 0 Å². The van der Waals surface area contributed by atoms with Crippen LogP contribution in [-0.4, -0.2) is 43.8 Å². The Kier molecular flexibility index (Phi) is 8.19. The lowest BCUT2D eigenvalue weighted by atomic mass is 9.82. The van der Waals surface area contributed by atoms with Crippen LogP contribution in [0, 0.1) is 11.8 Å². The number of nitrogens with zero attached hydrogens (tertiary/aromatic N) is 1. The van der Waals surface area contributed by atoms with Crippen LogP contribution in [0.15, 0.2) is 54.6 Å². The fourth-order valence-electron chi connectivity index (χ4n) is 4.74. The number of para-hydroxylation sites is 2. The van der Waals surface area contributed by atoms with Crippen molar-refractivity contribution >= 4 is 22.9 Å². The van der Waals surface area contributed by atoms with Gasteiger partial charge in [-0.1, -0.05) is 30.3 Å². The molecule has 0 unspecified atom stereocenters. The van der Waals surface area contributed by atoms with Crippen molar-refractivity contribution in [2.75, 3.05) is 26.8 Å². The van der Waals surface area contributed by atoms with E-state index in [4.69, 9.17) is 14.5 Å². The molecule has 0 aliphatic heterocycles. The van der Waals surface area contributed by atoms with Gasteiger partial charge in [0.15, 0.2) is 0 Å². The number of amides is 2. The van der Waals surface area contributed by atoms with Crippen LogP contribution >= 0.6 is 0 Å². The number of carbonyl (C=O) groups excluding carboxylic acids is 2. The zero-order chi connectivity index (χ0) is 24.6. The molecule has 2 aromatic carbocycles. The molecule has 4 rings (SSSR count). The molecule has 0 spiro atoms. The number of pyridine rings is 1. The molecule has 1 aliphatic carbocycles. The van der Waals surface area contributed by atoms with Crippen molar-refractivity contribution in [2.24, 2.45) is 11.8 Å². The number of ether oxygens (including phenoxy) is 2. The molecule has 1 aromatic heterocycles. The van der Waals surface area contributed by atoms with Crippen molar-refractivity contribution in [3.05, 3.63) is 60.2 Å². The van der Waals surface area contributed by atoms with Crippen molar-refractivity contribution in [1.82, 2.24) is 15.6 Å². The van der Waals surface area contributed by atoms with Crippen molar-refractivity contribution in [3.63, 3.8) is 0 Å². The summed E-state index contributed by atoms with van der Waals surface area (Å²) in [6, 6.07) is 17.3. The summed E-state index contributed by atoms with van der Waals surface area (Å²) >= 11 is 0. The smallest absolute Gasteiger partial charge is 0.407 e. The van der Waals surface area contributed by atoms with Crippen LogP contribution in [0.4, 0.5) is 4.79 Å². The van der Waals surface area contributed by atoms with E-state index in [2.05, 4.69) is 10.6 Å². The first kappa shape index (κ1) is 24.5. The van der Waals surface area contributed by atoms with Gasteiger partial charge in [0.1, 0.15) is 5.75 Å². The second kappa shape index (κ2) is 11.7. The van der Waals surface area contributed by atoms with Crippen LogP contribution in [0.3, 0.4) is 0 Å². The normalized spacial score (nSPS) is 17.5. The molecule has 0 saturated heterocycles. The van der Waals surface area contributed by atoms with Gasteiger partial charge in [-0.2, -0.15) is 0 Å². The molecule has 2 N–H and O–H groups in total. The third kappa shape index (κ3) is 6.10. The molecule has 184 valence electrons. The van der Waals surface area contributed by atoms with Crippen molar-refractivity contribution < 1.29 is 19.1 Å². The maximum absolute atomic E-state index is 13.3. The Bertz CT molecular complexity index is 1170. The highest BCUT2D eigenvalue weighted by molar-refractivity contribution is 6.07. The number of methoxy groups -OCH3 is 1. The van der Waals surface area contributed by atoms with Crippen LogP contribution in [0.2, 0.25) is 0 Å². The molecular weight excluding hydrogens is 442 g/mol. The molecule has 1 heterocycles. The quantitative estimate of drug-likeness (QED) is 0.468. The van der Waals surface area contributed by atoms with Gasteiger partial charge >= 0.3 is 6.09 Å². The number of fused-ring (bicyclic) bond motifs is 1. The number of hydrogen-bond acceptors (Lipinski definition) is 5. The molecule has 0 atom stereocenters. The maximum atomic E-state index is 13.3. The predicted molar refractivity (Wildman–Crippen MR) is 137 cm³/mol. The second-order valence-corrected chi connectivity index (χ2v) is 8.97. The Morgan fingerprint density at radius 3 is 2.31 bits per heavy atom. The van der Waals surface area contributed by atoms with Crippen LogP contribution < -0.4 is 15.4 Å². The SMILES string of the molecule is CCOC(=O)NCC1CCC(CNC(=O)c2cc(-c3ccccc3OC)nc3ccccc23)CC1. The lowest BCUT2D eigenvalue weighted by Gasteiger charge is -2.28. The minimum Gasteiger partial charge on any atom is -0.496 e. The summed E-state index contributed by atoms with van der Waals surface area (Å²) in [5.74, 6) is 1.51. The number of nitrogens with one attached hydrogen (secondary N) is 2. The second-order valence-electron chi connectivity index (χ2n) is 8.97. The van der Waals surface area contributed by atoms with Gasteiger partial charge in [-0.05, 0) is 68.7 Å². The number of alkyl carbamates (subject to hydrolysis) is 1. The van der Waals surface area contributed by atoms with E-state index in [0.29, 0.717) is 42.8 Å². The molecule has 7 heteroatoms. The highest BCUT2D eigenvalue weighted by Gasteiger charge is 2.23. The predicted octanol–water partition coefficient (Wildman–Crippen LogP) is 5.19. The van der Waals surface area contributed by atoms with Crippen LogP contribution in [0.5, 0.6) is 5.75 Å². The summed E-state index contributed by atoms with van der Waals surface area (Å²) in [5, 5.41) is 6.83. The van der Waals surface area contributed by atoms with E-state index in [1.54, 1.807) is 14.0 Å². The zero-order valence-electron chi connectivity index (χ0n) is 20.4. The summed E-state index contributed by atoms with van der Waals surface area (Å²) in [7, 11) is 1.63. The van der Waals surface area contributed by atoms with Crippen molar-refractivity contribution in [1.29, 1.82) is 0 Å². The third-order valence-corrected chi connectivity index (χ3v) is 6.67. The average molecular weight is 476 g/mol. The number of carbonyl (C=O) groups is 2. The molecule has 1 saturated carbocycles. The van der Waals surface area contributed by atoms with Gasteiger partial charge in [0.25, 0.3) is 5.91 Å². The van der Waals surface area contributed by atoms with Gasteiger partial charge in [-0.25, -0.2) is 9.78 Å². The Morgan fingerprint density at radius 1 is 0.943 bits per heavy atom. The molecular formula is C28H33N3O4. The molecule has 2 amide bonds. The fraction of sp³-hybridized carbons (Fsp3) is 0.393. The number of benzene rings is 2. The van der Waals surface area contributed by atoms with Crippen LogP contribution in [0.1, 0.15) is 43.0 Å². The standard InChI is InChI=1S/C28H33N3O4/c1-3-35-28(33)30-18-20-14-12-19(13-15-20)17-29-27(32)23-16-25(22-9-5-7-11-26(22)34-2)31-24-10-6-4-8-21(23)24/h4-11,16,19-20H,3,12-15,17-18H2,1-2H3,(H,29,32)(H,30,33). The Hall–Kier alpha value is -3.61. The Labute approximate surface area is 206 Å². The summed E-state index contributed by atoms with van der Waals surface area (Å²) in [6.45, 7) is 3.46. The molecule has 0 bridgehead atoms. The number of aromatic nitrogens is 1. The molecule has 1 aliphatic rings. The lowest BCUT2D eigenvalue weighted by Crippen LogP contribution is -2.34. The monoisotopic (exact) mass is 475 g/mol. The molecule has 0 radical (unpaired) electrons. The minimum atomic E-state index is -0.348. The highest BCUT2D eigenvalue weighted by atomic mass is 16.5. The highest BCUT2D eigenvalue weighted by Crippen LogP contribution is 2.32. The van der Waals surface area contributed by atoms with E-state index in [9.17, 15) is 9.59 Å². The van der Waals surface area contributed by atoms with Gasteiger partial charge in [-0.15, -0.1) is 0 Å². The van der Waals surface area contributed by atoms with Gasteiger partial charge in [0, 0.05) is 24.0 Å². The number of rotatable bonds is 8. The minimum absolute atomic E-state index is 0.0918. The van der Waals surface area contributed by atoms with Crippen molar-refractivity contribution in [2.45, 2.75) is 32.6 Å². The van der Waals surface area contributed by atoms with E-state index >= 15 is 0 Å². The maximum Gasteiger partial charge on any atom is 0.407 e. The third-order valence-electron chi connectivity index (χ3n) is 6.67. The molecule has 7 nitrogen and oxygen atoms in total. The van der Waals surface area contributed by atoms with Crippen molar-refractivity contribution in [3.8, 4) is 17.0 Å². The average Bonchev–Trinajstić information content (AvgIpc) is 2.90. The Morgan fingerprint density at radius 2 is 1.60 bits per heavy atom. The van der Waals surface area contributed by atoms with E-state index in [1.165, 1.54) is 0 Å². The molecule has 35 heavy (non-hydrogen) atoms. The van der Waals surface area contributed by atoms with Crippen LogP contribution in [0.25, 0.3) is 22.2 Å². The zero-order valence-corrected chi connectivity index (χ0v) is 20.4. The van der Waals surface area contributed by atoms with Gasteiger partial charge in [-0.3, -0.25) is 4.79 Å². The van der Waals surface area contributed by atoms with E-state index in [0.717, 1.165) is 47.9 Å². The van der Waals surface area contributed by atoms with Gasteiger partial charge < -0.3 is 20.1 Å². The molecule has 3 aromatic rings. The summed E-state index contributed by atoms with van der Waals surface area (Å²) < 4.78 is 10.5. The summed E-state index contributed by atoms with van der Waals surface area (Å²) in [5.41, 5.74) is 2.95. The first-order valence-electron chi connectivity index (χ1n) is 12.3. The first-order valence-corrected chi connectivity index (χ1v) is 12.3. The number of hydrogen-bond donors (Lipinski definition) is 2. The van der Waals surface area contributed by atoms with Gasteiger partial charge in [0.05, 0.1) is 30.5 Å². The summed E-state index contributed by atoms with van der Waals surface area (Å²) in [6.07, 6.45) is 3.77. The molecule has 1 fully saturated rings. The van der Waals surface area contributed by atoms with E-state index < -0.39 is 0 Å². The van der Waals surface area contributed by atoms with E-state index in [1.807, 2.05) is 54.6 Å². The lowest BCUT2D eigenvalue weighted by molar-refractivity contribution is 0.0942. The summed E-state index contributed by atoms with van der Waals surface area (Å²) in [4.78, 5) is 29.6. The van der Waals surface area contributed by atoms with Crippen LogP contribution in [-0.2, 0) is 4.74 Å². The topological polar surface area (TPSA) is 89.6 Å². The van der Waals surface area contributed by atoms with E-state index in [-0.39, 0.29) is 12.0 Å². The first-order chi connectivity index (χ1) is 17.1. The Balaban J connectivity index is 1.42.